The van der Waals surface area contributed by atoms with Crippen LogP contribution in [0.2, 0.25) is 0 Å². The molecule has 0 aromatic rings. The van der Waals surface area contributed by atoms with Gasteiger partial charge in [0.05, 0.1) is 19.3 Å². The molecule has 1 aliphatic rings. The maximum atomic E-state index is 9.05. The van der Waals surface area contributed by atoms with Gasteiger partial charge in [-0.25, -0.2) is 0 Å². The van der Waals surface area contributed by atoms with E-state index in [1.165, 1.54) is 0 Å². The van der Waals surface area contributed by atoms with E-state index in [0.29, 0.717) is 0 Å². The third kappa shape index (κ3) is 4.04. The zero-order valence-corrected chi connectivity index (χ0v) is 7.85. The molecule has 78 valence electrons. The highest BCUT2D eigenvalue weighted by molar-refractivity contribution is 4.75. The van der Waals surface area contributed by atoms with E-state index in [1.54, 1.807) is 0 Å². The Morgan fingerprint density at radius 2 is 2.23 bits per heavy atom. The van der Waals surface area contributed by atoms with E-state index in [9.17, 15) is 0 Å². The number of rotatable bonds is 4. The second kappa shape index (κ2) is 5.54. The third-order valence-electron chi connectivity index (χ3n) is 2.40. The zero-order chi connectivity index (χ0) is 9.68. The van der Waals surface area contributed by atoms with Crippen LogP contribution in [0.25, 0.3) is 0 Å². The van der Waals surface area contributed by atoms with Crippen LogP contribution in [0.5, 0.6) is 0 Å². The second-order valence-corrected chi connectivity index (χ2v) is 3.72. The summed E-state index contributed by atoms with van der Waals surface area (Å²) in [5, 5.41) is 17.6. The number of aliphatic hydroxyl groups is 2. The first kappa shape index (κ1) is 10.9. The lowest BCUT2D eigenvalue weighted by Gasteiger charge is -2.27. The molecule has 1 fully saturated rings. The van der Waals surface area contributed by atoms with Gasteiger partial charge in [-0.3, -0.25) is 0 Å². The van der Waals surface area contributed by atoms with Crippen LogP contribution in [0.15, 0.2) is 0 Å². The van der Waals surface area contributed by atoms with Gasteiger partial charge in [0.1, 0.15) is 6.10 Å². The number of nitrogens with two attached hydrogens (primary N) is 1. The highest BCUT2D eigenvalue weighted by Crippen LogP contribution is 2.19. The van der Waals surface area contributed by atoms with Crippen LogP contribution < -0.4 is 5.73 Å². The van der Waals surface area contributed by atoms with Gasteiger partial charge in [-0.05, 0) is 25.7 Å². The van der Waals surface area contributed by atoms with Crippen molar-refractivity contribution in [1.29, 1.82) is 0 Å². The van der Waals surface area contributed by atoms with Crippen molar-refractivity contribution in [2.24, 2.45) is 5.73 Å². The summed E-state index contributed by atoms with van der Waals surface area (Å²) in [6, 6.07) is 0.241. The van der Waals surface area contributed by atoms with E-state index >= 15 is 0 Å². The maximum Gasteiger partial charge on any atom is 0.100 e. The summed E-state index contributed by atoms with van der Waals surface area (Å²) in [5.74, 6) is 0. The van der Waals surface area contributed by atoms with Gasteiger partial charge in [0.15, 0.2) is 0 Å². The fourth-order valence-corrected chi connectivity index (χ4v) is 1.63. The molecule has 3 unspecified atom stereocenters. The third-order valence-corrected chi connectivity index (χ3v) is 2.40. The monoisotopic (exact) mass is 189 g/mol. The van der Waals surface area contributed by atoms with Crippen molar-refractivity contribution in [3.05, 3.63) is 0 Å². The van der Waals surface area contributed by atoms with Crippen LogP contribution in [0.4, 0.5) is 0 Å². The lowest BCUT2D eigenvalue weighted by atomic mass is 9.93. The van der Waals surface area contributed by atoms with Crippen LogP contribution in [0, 0.1) is 0 Å². The molecule has 0 aromatic heterocycles. The van der Waals surface area contributed by atoms with Gasteiger partial charge < -0.3 is 20.7 Å². The minimum absolute atomic E-state index is 0.171. The average Bonchev–Trinajstić information content (AvgIpc) is 2.14. The predicted molar refractivity (Wildman–Crippen MR) is 49.3 cm³/mol. The molecule has 0 heterocycles. The summed E-state index contributed by atoms with van der Waals surface area (Å²) in [7, 11) is 0. The summed E-state index contributed by atoms with van der Waals surface area (Å²) < 4.78 is 5.42. The Hall–Kier alpha value is -0.160. The lowest BCUT2D eigenvalue weighted by molar-refractivity contribution is -0.0418. The molecule has 3 atom stereocenters. The normalized spacial score (nSPS) is 31.6. The quantitative estimate of drug-likeness (QED) is 0.564. The van der Waals surface area contributed by atoms with Gasteiger partial charge in [0, 0.05) is 6.04 Å². The SMILES string of the molecule is NC1CCCC(OCC(O)CO)C1. The smallest absolute Gasteiger partial charge is 0.100 e. The number of aliphatic hydroxyl groups excluding tert-OH is 2. The fourth-order valence-electron chi connectivity index (χ4n) is 1.63. The van der Waals surface area contributed by atoms with Gasteiger partial charge in [0.25, 0.3) is 0 Å². The molecule has 1 saturated carbocycles. The van der Waals surface area contributed by atoms with Crippen LogP contribution in [0.1, 0.15) is 25.7 Å². The van der Waals surface area contributed by atoms with E-state index in [4.69, 9.17) is 20.7 Å². The van der Waals surface area contributed by atoms with Crippen molar-refractivity contribution in [2.75, 3.05) is 13.2 Å². The molecule has 0 radical (unpaired) electrons. The van der Waals surface area contributed by atoms with Crippen molar-refractivity contribution < 1.29 is 14.9 Å². The Kier molecular flexibility index (Phi) is 4.66. The molecule has 1 aliphatic carbocycles. The van der Waals surface area contributed by atoms with Gasteiger partial charge >= 0.3 is 0 Å². The Morgan fingerprint density at radius 1 is 1.46 bits per heavy atom. The van der Waals surface area contributed by atoms with Gasteiger partial charge in [0.2, 0.25) is 0 Å². The molecule has 4 N–H and O–H groups in total. The van der Waals surface area contributed by atoms with E-state index in [2.05, 4.69) is 0 Å². The first-order chi connectivity index (χ1) is 6.22. The Bertz CT molecular complexity index is 143. The number of hydrogen-bond acceptors (Lipinski definition) is 4. The van der Waals surface area contributed by atoms with E-state index in [-0.39, 0.29) is 25.4 Å². The highest BCUT2D eigenvalue weighted by Gasteiger charge is 2.20. The minimum Gasteiger partial charge on any atom is -0.394 e. The van der Waals surface area contributed by atoms with Gasteiger partial charge in [-0.2, -0.15) is 0 Å². The van der Waals surface area contributed by atoms with Gasteiger partial charge in [-0.1, -0.05) is 0 Å². The van der Waals surface area contributed by atoms with Crippen LogP contribution in [0.3, 0.4) is 0 Å². The van der Waals surface area contributed by atoms with E-state index in [1.807, 2.05) is 0 Å². The van der Waals surface area contributed by atoms with Crippen molar-refractivity contribution in [2.45, 2.75) is 43.9 Å². The van der Waals surface area contributed by atoms with Gasteiger partial charge in [-0.15, -0.1) is 0 Å². The molecule has 4 nitrogen and oxygen atoms in total. The van der Waals surface area contributed by atoms with Crippen molar-refractivity contribution in [3.63, 3.8) is 0 Å². The van der Waals surface area contributed by atoms with E-state index < -0.39 is 6.10 Å². The van der Waals surface area contributed by atoms with Crippen molar-refractivity contribution >= 4 is 0 Å². The van der Waals surface area contributed by atoms with Crippen LogP contribution in [-0.2, 0) is 4.74 Å². The summed E-state index contributed by atoms with van der Waals surface area (Å²) in [4.78, 5) is 0. The van der Waals surface area contributed by atoms with E-state index in [0.717, 1.165) is 25.7 Å². The Morgan fingerprint density at radius 3 is 2.85 bits per heavy atom. The van der Waals surface area contributed by atoms with Crippen LogP contribution >= 0.6 is 0 Å². The number of ether oxygens (including phenoxy) is 1. The predicted octanol–water partition coefficient (Wildman–Crippen LogP) is -0.374. The van der Waals surface area contributed by atoms with Crippen LogP contribution in [-0.4, -0.2) is 41.7 Å². The molecule has 13 heavy (non-hydrogen) atoms. The maximum absolute atomic E-state index is 9.05. The minimum atomic E-state index is -0.752. The highest BCUT2D eigenvalue weighted by atomic mass is 16.5. The Balaban J connectivity index is 2.13. The summed E-state index contributed by atoms with van der Waals surface area (Å²) >= 11 is 0. The Labute approximate surface area is 78.7 Å². The largest absolute Gasteiger partial charge is 0.394 e. The first-order valence-electron chi connectivity index (χ1n) is 4.88. The molecule has 0 saturated heterocycles. The molecular formula is C9H19NO3. The molecule has 0 spiro atoms. The van der Waals surface area contributed by atoms with Crippen molar-refractivity contribution in [1.82, 2.24) is 0 Å². The topological polar surface area (TPSA) is 75.7 Å². The second-order valence-electron chi connectivity index (χ2n) is 3.72. The fraction of sp³-hybridized carbons (Fsp3) is 1.00. The lowest BCUT2D eigenvalue weighted by Crippen LogP contribution is -2.34. The molecule has 0 aliphatic heterocycles. The number of hydrogen-bond donors (Lipinski definition) is 3. The standard InChI is InChI=1S/C9H19NO3/c10-7-2-1-3-9(4-7)13-6-8(12)5-11/h7-9,11-12H,1-6,10H2. The molecule has 0 aromatic carbocycles. The summed E-state index contributed by atoms with van der Waals surface area (Å²) in [6.07, 6.45) is 3.48. The first-order valence-corrected chi connectivity index (χ1v) is 4.88. The molecule has 0 amide bonds. The zero-order valence-electron chi connectivity index (χ0n) is 7.85. The molecule has 1 rings (SSSR count). The summed E-state index contributed by atoms with van der Waals surface area (Å²) in [6.45, 7) is -0.0212. The molecular weight excluding hydrogens is 170 g/mol. The molecule has 0 bridgehead atoms. The summed E-state index contributed by atoms with van der Waals surface area (Å²) in [5.41, 5.74) is 5.77. The van der Waals surface area contributed by atoms with Crippen molar-refractivity contribution in [3.8, 4) is 0 Å². The molecule has 4 heteroatoms. The average molecular weight is 189 g/mol.